The zero-order valence-electron chi connectivity index (χ0n) is 12.8. The maximum absolute atomic E-state index is 12.4. The maximum Gasteiger partial charge on any atom is 0.335 e. The van der Waals surface area contributed by atoms with Crippen LogP contribution in [-0.4, -0.2) is 26.1 Å². The molecule has 0 aliphatic rings. The Bertz CT molecular complexity index is 834. The van der Waals surface area contributed by atoms with Crippen molar-refractivity contribution >= 4 is 33.3 Å². The number of benzene rings is 2. The fourth-order valence-corrected chi connectivity index (χ4v) is 3.11. The van der Waals surface area contributed by atoms with Crippen LogP contribution in [0.2, 0.25) is 5.02 Å². The highest BCUT2D eigenvalue weighted by Gasteiger charge is 2.17. The number of carboxylic acid groups (broad SMARTS) is 1. The van der Waals surface area contributed by atoms with E-state index < -0.39 is 16.0 Å². The summed E-state index contributed by atoms with van der Waals surface area (Å²) in [6.45, 7) is 2.35. The Kier molecular flexibility index (Phi) is 5.69. The molecule has 0 aliphatic heterocycles. The monoisotopic (exact) mass is 369 g/mol. The normalized spacial score (nSPS) is 11.1. The molecule has 2 aromatic carbocycles. The zero-order chi connectivity index (χ0) is 17.7. The number of halogens is 1. The van der Waals surface area contributed by atoms with Crippen molar-refractivity contribution in [3.63, 3.8) is 0 Å². The predicted molar refractivity (Wildman–Crippen MR) is 91.4 cm³/mol. The van der Waals surface area contributed by atoms with Crippen LogP contribution < -0.4 is 9.46 Å². The second-order valence-electron chi connectivity index (χ2n) is 4.93. The molecule has 0 heterocycles. The first-order valence-corrected chi connectivity index (χ1v) is 8.98. The molecule has 0 aliphatic carbocycles. The van der Waals surface area contributed by atoms with Gasteiger partial charge in [-0.05, 0) is 42.8 Å². The van der Waals surface area contributed by atoms with E-state index in [0.717, 1.165) is 6.42 Å². The molecule has 2 aromatic rings. The van der Waals surface area contributed by atoms with Crippen LogP contribution in [0.5, 0.6) is 5.75 Å². The van der Waals surface area contributed by atoms with Crippen molar-refractivity contribution in [1.82, 2.24) is 0 Å². The van der Waals surface area contributed by atoms with E-state index in [4.69, 9.17) is 21.4 Å². The van der Waals surface area contributed by atoms with E-state index in [1.807, 2.05) is 6.92 Å². The van der Waals surface area contributed by atoms with E-state index in [2.05, 4.69) is 4.72 Å². The minimum absolute atomic E-state index is 0.000291. The molecule has 0 fully saturated rings. The number of hydrogen-bond acceptors (Lipinski definition) is 4. The lowest BCUT2D eigenvalue weighted by molar-refractivity contribution is 0.0697. The molecule has 0 radical (unpaired) electrons. The minimum atomic E-state index is -3.85. The van der Waals surface area contributed by atoms with Gasteiger partial charge in [0.2, 0.25) is 0 Å². The Morgan fingerprint density at radius 1 is 1.21 bits per heavy atom. The summed E-state index contributed by atoms with van der Waals surface area (Å²) in [7, 11) is -3.85. The Hall–Kier alpha value is -2.25. The smallest absolute Gasteiger partial charge is 0.335 e. The summed E-state index contributed by atoms with van der Waals surface area (Å²) < 4.78 is 32.7. The van der Waals surface area contributed by atoms with Crippen LogP contribution in [0.25, 0.3) is 0 Å². The molecule has 2 rings (SSSR count). The Labute approximate surface area is 145 Å². The molecule has 0 bridgehead atoms. The fraction of sp³-hybridized carbons (Fsp3) is 0.188. The molecule has 6 nitrogen and oxygen atoms in total. The third-order valence-corrected chi connectivity index (χ3v) is 4.75. The maximum atomic E-state index is 12.4. The van der Waals surface area contributed by atoms with Crippen LogP contribution in [0, 0.1) is 0 Å². The van der Waals surface area contributed by atoms with Crippen molar-refractivity contribution in [2.45, 2.75) is 18.2 Å². The number of ether oxygens (including phenoxy) is 1. The number of anilines is 1. The van der Waals surface area contributed by atoms with Crippen molar-refractivity contribution in [2.24, 2.45) is 0 Å². The van der Waals surface area contributed by atoms with Crippen LogP contribution in [0.3, 0.4) is 0 Å². The van der Waals surface area contributed by atoms with Gasteiger partial charge in [0.25, 0.3) is 10.0 Å². The molecule has 2 N–H and O–H groups in total. The third-order valence-electron chi connectivity index (χ3n) is 3.06. The van der Waals surface area contributed by atoms with E-state index in [0.29, 0.717) is 17.4 Å². The number of nitrogens with one attached hydrogen (secondary N) is 1. The van der Waals surface area contributed by atoms with Gasteiger partial charge in [-0.1, -0.05) is 18.5 Å². The lowest BCUT2D eigenvalue weighted by Gasteiger charge is -2.11. The minimum Gasteiger partial charge on any atom is -0.492 e. The van der Waals surface area contributed by atoms with Crippen LogP contribution in [-0.2, 0) is 10.0 Å². The Balaban J connectivity index is 2.25. The van der Waals surface area contributed by atoms with Gasteiger partial charge in [-0.15, -0.1) is 0 Å². The molecular formula is C16H16ClNO5S. The molecule has 128 valence electrons. The molecule has 0 aromatic heterocycles. The van der Waals surface area contributed by atoms with Gasteiger partial charge >= 0.3 is 5.97 Å². The summed E-state index contributed by atoms with van der Waals surface area (Å²) in [5.74, 6) is -0.789. The number of hydrogen-bond donors (Lipinski definition) is 2. The molecule has 0 saturated carbocycles. The predicted octanol–water partition coefficient (Wildman–Crippen LogP) is 3.63. The standard InChI is InChI=1S/C16H16ClNO5S/c1-2-9-23-15-10-13(7-8-14(15)17)24(21,22)18-12-5-3-11(4-6-12)16(19)20/h3-8,10,18H,2,9H2,1H3,(H,19,20). The molecule has 0 unspecified atom stereocenters. The van der Waals surface area contributed by atoms with Gasteiger partial charge in [0.1, 0.15) is 5.75 Å². The van der Waals surface area contributed by atoms with Gasteiger partial charge in [0.05, 0.1) is 22.1 Å². The van der Waals surface area contributed by atoms with E-state index in [1.54, 1.807) is 0 Å². The van der Waals surface area contributed by atoms with Crippen LogP contribution in [0.1, 0.15) is 23.7 Å². The lowest BCUT2D eigenvalue weighted by atomic mass is 10.2. The summed E-state index contributed by atoms with van der Waals surface area (Å²) in [6.07, 6.45) is 0.765. The first-order chi connectivity index (χ1) is 11.3. The molecule has 0 spiro atoms. The fourth-order valence-electron chi connectivity index (χ4n) is 1.87. The first-order valence-electron chi connectivity index (χ1n) is 7.12. The van der Waals surface area contributed by atoms with Crippen LogP contribution >= 0.6 is 11.6 Å². The van der Waals surface area contributed by atoms with Gasteiger partial charge in [0, 0.05) is 11.8 Å². The Morgan fingerprint density at radius 3 is 2.46 bits per heavy atom. The van der Waals surface area contributed by atoms with Crippen LogP contribution in [0.15, 0.2) is 47.4 Å². The summed E-state index contributed by atoms with van der Waals surface area (Å²) >= 11 is 5.99. The van der Waals surface area contributed by atoms with Gasteiger partial charge in [0.15, 0.2) is 0 Å². The second kappa shape index (κ2) is 7.55. The quantitative estimate of drug-likeness (QED) is 0.777. The topological polar surface area (TPSA) is 92.7 Å². The molecule has 8 heteroatoms. The van der Waals surface area contributed by atoms with Gasteiger partial charge in [-0.2, -0.15) is 0 Å². The lowest BCUT2D eigenvalue weighted by Crippen LogP contribution is -2.13. The third kappa shape index (κ3) is 4.39. The SMILES string of the molecule is CCCOc1cc(S(=O)(=O)Nc2ccc(C(=O)O)cc2)ccc1Cl. The Morgan fingerprint density at radius 2 is 1.88 bits per heavy atom. The van der Waals surface area contributed by atoms with E-state index in [-0.39, 0.29) is 16.1 Å². The highest BCUT2D eigenvalue weighted by molar-refractivity contribution is 7.92. The van der Waals surface area contributed by atoms with Crippen molar-refractivity contribution in [2.75, 3.05) is 11.3 Å². The molecule has 24 heavy (non-hydrogen) atoms. The number of carbonyl (C=O) groups is 1. The largest absolute Gasteiger partial charge is 0.492 e. The highest BCUT2D eigenvalue weighted by atomic mass is 35.5. The molecule has 0 saturated heterocycles. The zero-order valence-corrected chi connectivity index (χ0v) is 14.4. The van der Waals surface area contributed by atoms with Gasteiger partial charge < -0.3 is 9.84 Å². The van der Waals surface area contributed by atoms with Crippen molar-refractivity contribution in [3.05, 3.63) is 53.1 Å². The summed E-state index contributed by atoms with van der Waals surface area (Å²) in [5.41, 5.74) is 0.325. The summed E-state index contributed by atoms with van der Waals surface area (Å²) in [6, 6.07) is 9.57. The number of carboxylic acids is 1. The van der Waals surface area contributed by atoms with Crippen molar-refractivity contribution in [3.8, 4) is 5.75 Å². The van der Waals surface area contributed by atoms with Crippen molar-refractivity contribution < 1.29 is 23.1 Å². The molecule has 0 amide bonds. The average Bonchev–Trinajstić information content (AvgIpc) is 2.54. The summed E-state index contributed by atoms with van der Waals surface area (Å²) in [4.78, 5) is 10.8. The first kappa shape index (κ1) is 18.1. The van der Waals surface area contributed by atoms with E-state index in [9.17, 15) is 13.2 Å². The number of aromatic carboxylic acids is 1. The molecule has 0 atom stereocenters. The second-order valence-corrected chi connectivity index (χ2v) is 7.02. The van der Waals surface area contributed by atoms with Crippen LogP contribution in [0.4, 0.5) is 5.69 Å². The summed E-state index contributed by atoms with van der Waals surface area (Å²) in [5, 5.41) is 9.18. The van der Waals surface area contributed by atoms with Gasteiger partial charge in [-0.25, -0.2) is 13.2 Å². The average molecular weight is 370 g/mol. The highest BCUT2D eigenvalue weighted by Crippen LogP contribution is 2.28. The molecular weight excluding hydrogens is 354 g/mol. The van der Waals surface area contributed by atoms with Crippen molar-refractivity contribution in [1.29, 1.82) is 0 Å². The van der Waals surface area contributed by atoms with E-state index in [1.165, 1.54) is 42.5 Å². The van der Waals surface area contributed by atoms with E-state index >= 15 is 0 Å². The van der Waals surface area contributed by atoms with Gasteiger partial charge in [-0.3, -0.25) is 4.72 Å². The number of sulfonamides is 1. The number of rotatable bonds is 7.